The van der Waals surface area contributed by atoms with Crippen LogP contribution in [0.5, 0.6) is 0 Å². The standard InChI is InChI=1S/4C12H20N2O5/c2*1-6(15)10(17)3-8-4-14-9(5-13-8)12(19)11(18)7(2)16;2*1-6(15)10(17)3-8-4-13-5-9(14-8)12(19)11(18)7(2)16/h4*4-7,10-12,15-19H,3H2,1-2H3/t4*6-,7-,10+,11-,12-/m1010/s1. The maximum atomic E-state index is 9.80. The first-order valence-corrected chi connectivity index (χ1v) is 24.1. The highest BCUT2D eigenvalue weighted by Crippen LogP contribution is 2.21. The smallest absolute Gasteiger partial charge is 0.126 e. The van der Waals surface area contributed by atoms with E-state index in [4.69, 9.17) is 20.4 Å². The van der Waals surface area contributed by atoms with E-state index in [0.29, 0.717) is 22.8 Å². The molecule has 28 heteroatoms. The number of aliphatic hydroxyl groups excluding tert-OH is 20. The highest BCUT2D eigenvalue weighted by molar-refractivity contribution is 5.12. The quantitative estimate of drug-likeness (QED) is 0.0311. The number of aromatic nitrogens is 8. The van der Waals surface area contributed by atoms with E-state index in [0.717, 1.165) is 0 Å². The molecule has 0 aromatic carbocycles. The summed E-state index contributed by atoms with van der Waals surface area (Å²) in [5, 5.41) is 189. The Kier molecular flexibility index (Phi) is 31.5. The van der Waals surface area contributed by atoms with Gasteiger partial charge in [0.2, 0.25) is 0 Å². The summed E-state index contributed by atoms with van der Waals surface area (Å²) in [6.45, 7) is 11.3. The van der Waals surface area contributed by atoms with Crippen LogP contribution < -0.4 is 0 Å². The van der Waals surface area contributed by atoms with E-state index in [1.54, 1.807) is 0 Å². The Morgan fingerprint density at radius 1 is 0.263 bits per heavy atom. The fraction of sp³-hybridized carbons (Fsp3) is 0.667. The minimum absolute atomic E-state index is 0.0794. The largest absolute Gasteiger partial charge is 0.391 e. The van der Waals surface area contributed by atoms with Crippen molar-refractivity contribution in [1.29, 1.82) is 0 Å². The van der Waals surface area contributed by atoms with Gasteiger partial charge in [-0.3, -0.25) is 39.9 Å². The first-order chi connectivity index (χ1) is 35.3. The molecule has 0 bridgehead atoms. The van der Waals surface area contributed by atoms with Crippen molar-refractivity contribution in [3.05, 3.63) is 95.1 Å². The maximum Gasteiger partial charge on any atom is 0.126 e. The predicted molar refractivity (Wildman–Crippen MR) is 264 cm³/mol. The van der Waals surface area contributed by atoms with Gasteiger partial charge in [-0.2, -0.15) is 0 Å². The van der Waals surface area contributed by atoms with Crippen molar-refractivity contribution < 1.29 is 102 Å². The molecule has 4 aromatic rings. The number of rotatable bonds is 24. The van der Waals surface area contributed by atoms with Crippen LogP contribution in [0.15, 0.2) is 49.6 Å². The SMILES string of the molecule is C[C@@H](O)[C@@H](O)[C@H](O)c1cnc(C[C@H](O)[C@@H](C)O)cn1.C[C@@H](O)[C@@H](O)[C@H](O)c1cncc(C[C@H](O)[C@@H](C)O)n1.C[C@H](O)[C@H](O)[C@@H](O)c1cnc(C[C@@H](O)[C@H](C)O)cn1.C[C@H](O)[C@H](O)[C@@H](O)c1cncc(C[C@@H](O)[C@H](C)O)n1. The summed E-state index contributed by atoms with van der Waals surface area (Å²) in [6.07, 6.45) is -11.6. The highest BCUT2D eigenvalue weighted by atomic mass is 16.4. The topological polar surface area (TPSA) is 508 Å². The second kappa shape index (κ2) is 34.4. The normalized spacial score (nSPS) is 19.5. The molecule has 0 aliphatic heterocycles. The number of nitrogens with zero attached hydrogens (tertiary/aromatic N) is 8. The lowest BCUT2D eigenvalue weighted by Crippen LogP contribution is -2.31. The van der Waals surface area contributed by atoms with Gasteiger partial charge in [0.1, 0.15) is 48.8 Å². The third-order valence-electron chi connectivity index (χ3n) is 11.2. The molecule has 0 saturated carbocycles. The number of hydrogen-bond donors (Lipinski definition) is 20. The Morgan fingerprint density at radius 2 is 0.500 bits per heavy atom. The lowest BCUT2D eigenvalue weighted by molar-refractivity contribution is -0.0550. The van der Waals surface area contributed by atoms with E-state index in [9.17, 15) is 81.7 Å². The highest BCUT2D eigenvalue weighted by Gasteiger charge is 2.28. The van der Waals surface area contributed by atoms with Crippen LogP contribution in [0, 0.1) is 0 Å². The zero-order chi connectivity index (χ0) is 58.3. The average Bonchev–Trinajstić information content (AvgIpc) is 3.37. The van der Waals surface area contributed by atoms with Crippen LogP contribution in [0.4, 0.5) is 0 Å². The van der Waals surface area contributed by atoms with Gasteiger partial charge in [0.05, 0.1) is 144 Å². The summed E-state index contributed by atoms with van der Waals surface area (Å²) in [6, 6.07) is 0. The monoisotopic (exact) mass is 1090 g/mol. The Morgan fingerprint density at radius 3 is 0.711 bits per heavy atom. The molecule has 20 N–H and O–H groups in total. The molecule has 28 nitrogen and oxygen atoms in total. The van der Waals surface area contributed by atoms with Crippen molar-refractivity contribution in [3.8, 4) is 0 Å². The Labute approximate surface area is 439 Å². The predicted octanol–water partition coefficient (Wildman–Crippen LogP) is -5.86. The van der Waals surface area contributed by atoms with Gasteiger partial charge in [-0.1, -0.05) is 0 Å². The molecule has 0 radical (unpaired) electrons. The summed E-state index contributed by atoms with van der Waals surface area (Å²) < 4.78 is 0. The van der Waals surface area contributed by atoms with Gasteiger partial charge in [0, 0.05) is 50.5 Å². The molecule has 0 spiro atoms. The molecule has 4 heterocycles. The van der Waals surface area contributed by atoms with Crippen LogP contribution in [0.3, 0.4) is 0 Å². The zero-order valence-corrected chi connectivity index (χ0v) is 43.5. The summed E-state index contributed by atoms with van der Waals surface area (Å²) in [7, 11) is 0. The van der Waals surface area contributed by atoms with Crippen molar-refractivity contribution >= 4 is 0 Å². The van der Waals surface area contributed by atoms with Crippen LogP contribution in [-0.2, 0) is 25.7 Å². The van der Waals surface area contributed by atoms with E-state index in [1.807, 2.05) is 0 Å². The van der Waals surface area contributed by atoms with Gasteiger partial charge in [-0.25, -0.2) is 0 Å². The van der Waals surface area contributed by atoms with Gasteiger partial charge in [0.15, 0.2) is 0 Å². The van der Waals surface area contributed by atoms with Gasteiger partial charge in [0.25, 0.3) is 0 Å². The van der Waals surface area contributed by atoms with Crippen LogP contribution in [-0.4, -0.2) is 240 Å². The van der Waals surface area contributed by atoms with Crippen molar-refractivity contribution in [2.45, 2.75) is 203 Å². The molecule has 4 aromatic heterocycles. The molecule has 0 aliphatic carbocycles. The Bertz CT molecular complexity index is 2020. The lowest BCUT2D eigenvalue weighted by atomic mass is 10.1. The molecule has 0 fully saturated rings. The molecule has 432 valence electrons. The fourth-order valence-corrected chi connectivity index (χ4v) is 5.87. The van der Waals surface area contributed by atoms with E-state index in [-0.39, 0.29) is 48.5 Å². The van der Waals surface area contributed by atoms with Crippen molar-refractivity contribution in [3.63, 3.8) is 0 Å². The van der Waals surface area contributed by atoms with Gasteiger partial charge >= 0.3 is 0 Å². The van der Waals surface area contributed by atoms with E-state index >= 15 is 0 Å². The first kappa shape index (κ1) is 69.5. The van der Waals surface area contributed by atoms with E-state index in [1.165, 1.54) is 105 Å². The number of hydrogen-bond acceptors (Lipinski definition) is 28. The Hall–Kier alpha value is -4.48. The van der Waals surface area contributed by atoms with Crippen LogP contribution in [0.25, 0.3) is 0 Å². The summed E-state index contributed by atoms with van der Waals surface area (Å²) in [5.74, 6) is 0. The zero-order valence-electron chi connectivity index (χ0n) is 43.5. The molecule has 4 rings (SSSR count). The third kappa shape index (κ3) is 24.5. The second-order valence-corrected chi connectivity index (χ2v) is 18.5. The first-order valence-electron chi connectivity index (χ1n) is 24.1. The van der Waals surface area contributed by atoms with E-state index < -0.39 is 122 Å². The molecule has 0 amide bonds. The summed E-state index contributed by atoms with van der Waals surface area (Å²) in [4.78, 5) is 31.6. The molecule has 76 heavy (non-hydrogen) atoms. The third-order valence-corrected chi connectivity index (χ3v) is 11.2. The van der Waals surface area contributed by atoms with Gasteiger partial charge in [-0.15, -0.1) is 0 Å². The van der Waals surface area contributed by atoms with Crippen molar-refractivity contribution in [2.24, 2.45) is 0 Å². The molecule has 0 aliphatic rings. The summed E-state index contributed by atoms with van der Waals surface area (Å²) >= 11 is 0. The molecule has 0 unspecified atom stereocenters. The number of aliphatic hydroxyl groups is 20. The minimum Gasteiger partial charge on any atom is -0.391 e. The molecule has 20 atom stereocenters. The van der Waals surface area contributed by atoms with Crippen molar-refractivity contribution in [1.82, 2.24) is 39.9 Å². The fourth-order valence-electron chi connectivity index (χ4n) is 5.87. The summed E-state index contributed by atoms with van der Waals surface area (Å²) in [5.41, 5.74) is 2.12. The molecule has 0 saturated heterocycles. The minimum atomic E-state index is -1.37. The second-order valence-electron chi connectivity index (χ2n) is 18.5. The van der Waals surface area contributed by atoms with Crippen LogP contribution in [0.1, 0.15) is 125 Å². The average molecular weight is 1090 g/mol. The lowest BCUT2D eigenvalue weighted by Gasteiger charge is -2.20. The van der Waals surface area contributed by atoms with Gasteiger partial charge in [-0.05, 0) is 55.4 Å². The molecular formula is C48H80N8O20. The molecular weight excluding hydrogens is 1010 g/mol. The van der Waals surface area contributed by atoms with Crippen LogP contribution in [0.2, 0.25) is 0 Å². The van der Waals surface area contributed by atoms with Crippen molar-refractivity contribution in [2.75, 3.05) is 0 Å². The van der Waals surface area contributed by atoms with Crippen LogP contribution >= 0.6 is 0 Å². The Balaban J connectivity index is 0.000000507. The van der Waals surface area contributed by atoms with E-state index in [2.05, 4.69) is 39.9 Å². The maximum absolute atomic E-state index is 9.80. The van der Waals surface area contributed by atoms with Gasteiger partial charge < -0.3 is 102 Å².